The monoisotopic (exact) mass is 614 g/mol. The van der Waals surface area contributed by atoms with Crippen molar-refractivity contribution < 1.29 is 31.9 Å². The molecule has 0 saturated heterocycles. The number of anilines is 3. The first-order valence-corrected chi connectivity index (χ1v) is 15.2. The highest BCUT2D eigenvalue weighted by molar-refractivity contribution is 7.90. The van der Waals surface area contributed by atoms with Gasteiger partial charge in [-0.1, -0.05) is 18.2 Å². The second-order valence-electron chi connectivity index (χ2n) is 10.6. The number of carbonyl (C=O) groups excluding carboxylic acids is 1. The standard InChI is InChI=1S/C29H32F2N6O5S/c1-17(2)35-43(40,41)36-21-5-3-4-18(12-21)15-37-16-32-28-25(37)14-22(29(39)34-42-11-10-38)27(26(28)31)33-24-9-8-20(13-23(24)30)19-6-7-19/h3-5,8-9,12-14,16-17,19,33,35-36,38H,6-7,10-11,15H2,1-2H3,(H,34,39). The molecule has 5 N–H and O–H groups in total. The topological polar surface area (TPSA) is 147 Å². The number of benzene rings is 3. The molecule has 5 rings (SSSR count). The highest BCUT2D eigenvalue weighted by atomic mass is 32.2. The zero-order chi connectivity index (χ0) is 30.7. The minimum atomic E-state index is -3.79. The third kappa shape index (κ3) is 7.28. The van der Waals surface area contributed by atoms with Gasteiger partial charge in [0.05, 0.1) is 47.7 Å². The lowest BCUT2D eigenvalue weighted by molar-refractivity contribution is 0.0169. The number of hydroxylamine groups is 1. The Hall–Kier alpha value is -4.11. The van der Waals surface area contributed by atoms with Crippen LogP contribution in [0.25, 0.3) is 11.0 Å². The average molecular weight is 615 g/mol. The molecule has 0 spiro atoms. The van der Waals surface area contributed by atoms with Crippen molar-refractivity contribution in [3.63, 3.8) is 0 Å². The first-order chi connectivity index (χ1) is 20.5. The summed E-state index contributed by atoms with van der Waals surface area (Å²) in [5.74, 6) is -1.97. The SMILES string of the molecule is CC(C)NS(=O)(=O)Nc1cccc(Cn2cnc3c(F)c(Nc4ccc(C5CC5)cc4F)c(C(=O)NOCCO)cc32)c1. The van der Waals surface area contributed by atoms with Gasteiger partial charge < -0.3 is 15.0 Å². The van der Waals surface area contributed by atoms with E-state index in [9.17, 15) is 17.6 Å². The molecule has 0 unspecified atom stereocenters. The van der Waals surface area contributed by atoms with Gasteiger partial charge in [-0.3, -0.25) is 14.4 Å². The Balaban J connectivity index is 1.48. The number of aliphatic hydroxyl groups is 1. The average Bonchev–Trinajstić information content (AvgIpc) is 3.71. The van der Waals surface area contributed by atoms with Crippen LogP contribution in [0.5, 0.6) is 0 Å². The zero-order valence-electron chi connectivity index (χ0n) is 23.5. The minimum absolute atomic E-state index is 0.0152. The van der Waals surface area contributed by atoms with Gasteiger partial charge in [-0.25, -0.2) is 19.2 Å². The predicted molar refractivity (Wildman–Crippen MR) is 158 cm³/mol. The number of fused-ring (bicyclic) bond motifs is 1. The first-order valence-electron chi connectivity index (χ1n) is 13.7. The van der Waals surface area contributed by atoms with Crippen LogP contribution in [0.2, 0.25) is 0 Å². The van der Waals surface area contributed by atoms with Crippen LogP contribution in [0.3, 0.4) is 0 Å². The number of nitrogens with one attached hydrogen (secondary N) is 4. The molecule has 11 nitrogen and oxygen atoms in total. The second kappa shape index (κ2) is 12.6. The van der Waals surface area contributed by atoms with Crippen LogP contribution in [0.1, 0.15) is 54.1 Å². The summed E-state index contributed by atoms with van der Waals surface area (Å²) in [7, 11) is -3.79. The molecule has 4 aromatic rings. The van der Waals surface area contributed by atoms with E-state index >= 15 is 4.39 Å². The maximum Gasteiger partial charge on any atom is 0.299 e. The first kappa shape index (κ1) is 30.4. The number of amides is 1. The summed E-state index contributed by atoms with van der Waals surface area (Å²) >= 11 is 0. The number of imidazole rings is 1. The molecular formula is C29H32F2N6O5S. The number of aromatic nitrogens is 2. The molecule has 0 atom stereocenters. The molecule has 43 heavy (non-hydrogen) atoms. The van der Waals surface area contributed by atoms with Crippen LogP contribution < -0.4 is 20.2 Å². The fourth-order valence-electron chi connectivity index (χ4n) is 4.66. The van der Waals surface area contributed by atoms with Crippen molar-refractivity contribution in [1.29, 1.82) is 0 Å². The molecule has 1 fully saturated rings. The largest absolute Gasteiger partial charge is 0.394 e. The van der Waals surface area contributed by atoms with E-state index in [1.807, 2.05) is 0 Å². The second-order valence-corrected chi connectivity index (χ2v) is 12.0. The van der Waals surface area contributed by atoms with Gasteiger partial charge in [-0.15, -0.1) is 0 Å². The zero-order valence-corrected chi connectivity index (χ0v) is 24.3. The molecule has 0 aliphatic heterocycles. The van der Waals surface area contributed by atoms with E-state index in [0.717, 1.165) is 18.4 Å². The van der Waals surface area contributed by atoms with Gasteiger partial charge in [0.15, 0.2) is 5.82 Å². The Labute approximate surface area is 247 Å². The Morgan fingerprint density at radius 1 is 1.16 bits per heavy atom. The van der Waals surface area contributed by atoms with E-state index in [2.05, 4.69) is 25.2 Å². The lowest BCUT2D eigenvalue weighted by Gasteiger charge is -2.16. The molecule has 1 aliphatic rings. The van der Waals surface area contributed by atoms with Gasteiger partial charge >= 0.3 is 0 Å². The normalized spacial score (nSPS) is 13.4. The van der Waals surface area contributed by atoms with E-state index < -0.39 is 27.8 Å². The fraction of sp³-hybridized carbons (Fsp3) is 0.310. The number of hydrogen-bond acceptors (Lipinski definition) is 7. The quantitative estimate of drug-likeness (QED) is 0.112. The smallest absolute Gasteiger partial charge is 0.299 e. The molecule has 1 saturated carbocycles. The van der Waals surface area contributed by atoms with Crippen molar-refractivity contribution in [2.75, 3.05) is 23.3 Å². The summed E-state index contributed by atoms with van der Waals surface area (Å²) in [5, 5.41) is 11.7. The third-order valence-corrected chi connectivity index (χ3v) is 7.97. The number of nitrogens with zero attached hydrogens (tertiary/aromatic N) is 2. The van der Waals surface area contributed by atoms with Crippen LogP contribution in [-0.4, -0.2) is 48.2 Å². The Bertz CT molecular complexity index is 1760. The molecule has 1 heterocycles. The Kier molecular flexibility index (Phi) is 8.92. The maximum absolute atomic E-state index is 16.0. The van der Waals surface area contributed by atoms with Crippen LogP contribution in [0.4, 0.5) is 25.8 Å². The van der Waals surface area contributed by atoms with E-state index in [1.165, 1.54) is 24.5 Å². The van der Waals surface area contributed by atoms with Crippen LogP contribution in [0.15, 0.2) is 54.9 Å². The number of hydrogen-bond donors (Lipinski definition) is 5. The molecule has 228 valence electrons. The van der Waals surface area contributed by atoms with Crippen molar-refractivity contribution >= 4 is 44.2 Å². The van der Waals surface area contributed by atoms with Gasteiger partial charge in [0.1, 0.15) is 11.3 Å². The molecule has 3 aromatic carbocycles. The lowest BCUT2D eigenvalue weighted by Crippen LogP contribution is -2.35. The minimum Gasteiger partial charge on any atom is -0.394 e. The summed E-state index contributed by atoms with van der Waals surface area (Å²) in [6.07, 6.45) is 3.38. The molecule has 1 amide bonds. The van der Waals surface area contributed by atoms with Crippen molar-refractivity contribution in [2.24, 2.45) is 0 Å². The predicted octanol–water partition coefficient (Wildman–Crippen LogP) is 4.29. The summed E-state index contributed by atoms with van der Waals surface area (Å²) in [5.41, 5.74) is 3.72. The summed E-state index contributed by atoms with van der Waals surface area (Å²) in [6, 6.07) is 12.4. The van der Waals surface area contributed by atoms with E-state index in [0.29, 0.717) is 17.2 Å². The van der Waals surface area contributed by atoms with E-state index in [-0.39, 0.29) is 53.8 Å². The summed E-state index contributed by atoms with van der Waals surface area (Å²) < 4.78 is 62.1. The van der Waals surface area contributed by atoms with Gasteiger partial charge in [0.2, 0.25) is 0 Å². The van der Waals surface area contributed by atoms with Gasteiger partial charge in [0, 0.05) is 12.6 Å². The molecular weight excluding hydrogens is 582 g/mol. The van der Waals surface area contributed by atoms with Crippen molar-refractivity contribution in [3.8, 4) is 0 Å². The Morgan fingerprint density at radius 3 is 2.65 bits per heavy atom. The number of carbonyl (C=O) groups is 1. The Morgan fingerprint density at radius 2 is 1.95 bits per heavy atom. The highest BCUT2D eigenvalue weighted by Gasteiger charge is 2.26. The molecule has 1 aliphatic carbocycles. The van der Waals surface area contributed by atoms with E-state index in [4.69, 9.17) is 9.94 Å². The third-order valence-electron chi connectivity index (χ3n) is 6.68. The number of rotatable bonds is 13. The van der Waals surface area contributed by atoms with Crippen molar-refractivity contribution in [2.45, 2.75) is 45.2 Å². The van der Waals surface area contributed by atoms with Crippen molar-refractivity contribution in [3.05, 3.63) is 83.2 Å². The summed E-state index contributed by atoms with van der Waals surface area (Å²) in [6.45, 7) is 3.02. The molecule has 0 bridgehead atoms. The van der Waals surface area contributed by atoms with Gasteiger partial charge in [-0.05, 0) is 74.1 Å². The van der Waals surface area contributed by atoms with Crippen molar-refractivity contribution in [1.82, 2.24) is 19.8 Å². The highest BCUT2D eigenvalue weighted by Crippen LogP contribution is 2.41. The fourth-order valence-corrected chi connectivity index (χ4v) is 5.78. The number of aliphatic hydroxyl groups excluding tert-OH is 1. The molecule has 14 heteroatoms. The molecule has 0 radical (unpaired) electrons. The molecule has 1 aromatic heterocycles. The number of halogens is 2. The van der Waals surface area contributed by atoms with Gasteiger partial charge in [-0.2, -0.15) is 13.1 Å². The maximum atomic E-state index is 16.0. The van der Waals surface area contributed by atoms with Crippen LogP contribution in [0, 0.1) is 11.6 Å². The van der Waals surface area contributed by atoms with Gasteiger partial charge in [0.25, 0.3) is 16.1 Å². The van der Waals surface area contributed by atoms with Crippen LogP contribution in [-0.2, 0) is 21.6 Å². The van der Waals surface area contributed by atoms with Crippen LogP contribution >= 0.6 is 0 Å². The lowest BCUT2D eigenvalue weighted by atomic mass is 10.1. The van der Waals surface area contributed by atoms with E-state index in [1.54, 1.807) is 48.7 Å². The summed E-state index contributed by atoms with van der Waals surface area (Å²) in [4.78, 5) is 22.3.